The van der Waals surface area contributed by atoms with Gasteiger partial charge in [0.05, 0.1) is 16.7 Å². The molecule has 2 atom stereocenters. The van der Waals surface area contributed by atoms with E-state index in [0.717, 1.165) is 22.2 Å². The van der Waals surface area contributed by atoms with Gasteiger partial charge in [0.1, 0.15) is 0 Å². The van der Waals surface area contributed by atoms with Crippen molar-refractivity contribution >= 4 is 23.0 Å². The topological polar surface area (TPSA) is 69.6 Å². The Balaban J connectivity index is 2.08. The van der Waals surface area contributed by atoms with Crippen LogP contribution in [0.2, 0.25) is 0 Å². The number of alkyl carbamates (subject to hydrolysis) is 1. The van der Waals surface area contributed by atoms with Gasteiger partial charge in [-0.2, -0.15) is 4.73 Å². The van der Waals surface area contributed by atoms with E-state index in [4.69, 9.17) is 9.57 Å². The third-order valence-corrected chi connectivity index (χ3v) is 4.99. The third kappa shape index (κ3) is 1.89. The minimum Gasteiger partial charge on any atom is -0.439 e. The summed E-state index contributed by atoms with van der Waals surface area (Å²) in [7, 11) is 0. The molecule has 1 fully saturated rings. The van der Waals surface area contributed by atoms with Crippen LogP contribution in [0.3, 0.4) is 0 Å². The Hall–Kier alpha value is -2.50. The largest absolute Gasteiger partial charge is 0.439 e. The predicted molar refractivity (Wildman–Crippen MR) is 87.6 cm³/mol. The smallest absolute Gasteiger partial charge is 0.408 e. The number of benzene rings is 1. The molecule has 1 amide bonds. The number of nitrogens with zero attached hydrogens (tertiary/aromatic N) is 1. The van der Waals surface area contributed by atoms with Crippen molar-refractivity contribution in [2.75, 3.05) is 0 Å². The van der Waals surface area contributed by atoms with E-state index >= 15 is 0 Å². The second-order valence-corrected chi connectivity index (χ2v) is 7.55. The van der Waals surface area contributed by atoms with Crippen LogP contribution in [0.25, 0.3) is 10.9 Å². The normalized spacial score (nSPS) is 27.2. The number of fused-ring (bicyclic) bond motifs is 5. The van der Waals surface area contributed by atoms with Gasteiger partial charge in [-0.3, -0.25) is 0 Å². The highest BCUT2D eigenvalue weighted by atomic mass is 16.7. The maximum atomic E-state index is 11.9. The van der Waals surface area contributed by atoms with Crippen LogP contribution in [-0.4, -0.2) is 22.3 Å². The van der Waals surface area contributed by atoms with Gasteiger partial charge in [0, 0.05) is 23.3 Å². The van der Waals surface area contributed by atoms with Crippen LogP contribution in [0.5, 0.6) is 0 Å². The first-order valence-corrected chi connectivity index (χ1v) is 8.04. The van der Waals surface area contributed by atoms with Crippen molar-refractivity contribution in [3.63, 3.8) is 0 Å². The van der Waals surface area contributed by atoms with E-state index in [1.54, 1.807) is 4.73 Å². The molecule has 6 heteroatoms. The predicted octanol–water partition coefficient (Wildman–Crippen LogP) is 2.84. The van der Waals surface area contributed by atoms with Crippen molar-refractivity contribution in [2.24, 2.45) is 0 Å². The molecule has 2 unspecified atom stereocenters. The number of carbonyl (C=O) groups excluding carboxylic acids is 2. The molecular weight excluding hydrogens is 308 g/mol. The Kier molecular flexibility index (Phi) is 2.84. The summed E-state index contributed by atoms with van der Waals surface area (Å²) in [5, 5.41) is 3.90. The van der Waals surface area contributed by atoms with Crippen LogP contribution >= 0.6 is 0 Å². The van der Waals surface area contributed by atoms with Crippen molar-refractivity contribution in [2.45, 2.75) is 51.2 Å². The molecule has 1 aliphatic heterocycles. The molecule has 24 heavy (non-hydrogen) atoms. The Morgan fingerprint density at radius 1 is 1.33 bits per heavy atom. The third-order valence-electron chi connectivity index (χ3n) is 4.99. The van der Waals surface area contributed by atoms with Crippen molar-refractivity contribution in [3.05, 3.63) is 35.5 Å². The molecule has 2 heterocycles. The Labute approximate surface area is 139 Å². The number of hydrogen-bond donors (Lipinski definition) is 1. The van der Waals surface area contributed by atoms with Gasteiger partial charge in [0.25, 0.3) is 0 Å². The monoisotopic (exact) mass is 328 g/mol. The lowest BCUT2D eigenvalue weighted by Crippen LogP contribution is -2.50. The number of carbonyl (C=O) groups is 2. The molecule has 0 saturated carbocycles. The minimum atomic E-state index is -0.487. The first kappa shape index (κ1) is 15.1. The van der Waals surface area contributed by atoms with Gasteiger partial charge in [0.15, 0.2) is 6.10 Å². The number of rotatable bonds is 1. The first-order valence-electron chi connectivity index (χ1n) is 8.04. The van der Waals surface area contributed by atoms with E-state index in [-0.39, 0.29) is 11.4 Å². The van der Waals surface area contributed by atoms with Gasteiger partial charge in [-0.05, 0) is 19.4 Å². The molecule has 1 saturated heterocycles. The fourth-order valence-corrected chi connectivity index (χ4v) is 4.45. The van der Waals surface area contributed by atoms with E-state index in [1.165, 1.54) is 6.92 Å². The van der Waals surface area contributed by atoms with Crippen LogP contribution in [0.15, 0.2) is 24.3 Å². The second kappa shape index (κ2) is 4.53. The van der Waals surface area contributed by atoms with E-state index in [2.05, 4.69) is 19.2 Å². The molecule has 0 spiro atoms. The fraction of sp³-hybridized carbons (Fsp3) is 0.444. The number of aromatic nitrogens is 1. The average molecular weight is 328 g/mol. The average Bonchev–Trinajstić information content (AvgIpc) is 2.93. The molecule has 4 rings (SSSR count). The lowest BCUT2D eigenvalue weighted by molar-refractivity contribution is -0.141. The number of nitrogens with one attached hydrogen (secondary N) is 1. The van der Waals surface area contributed by atoms with Crippen molar-refractivity contribution in [1.82, 2.24) is 10.0 Å². The summed E-state index contributed by atoms with van der Waals surface area (Å²) < 4.78 is 7.22. The second-order valence-electron chi connectivity index (χ2n) is 7.55. The zero-order valence-electron chi connectivity index (χ0n) is 14.2. The molecule has 1 aliphatic carbocycles. The lowest BCUT2D eigenvalue weighted by Gasteiger charge is -2.42. The quantitative estimate of drug-likeness (QED) is 0.874. The van der Waals surface area contributed by atoms with Gasteiger partial charge in [-0.25, -0.2) is 9.59 Å². The molecule has 1 N–H and O–H groups in total. The van der Waals surface area contributed by atoms with E-state index in [9.17, 15) is 9.59 Å². The molecule has 1 aromatic carbocycles. The van der Waals surface area contributed by atoms with E-state index in [1.807, 2.05) is 31.2 Å². The highest BCUT2D eigenvalue weighted by Gasteiger charge is 2.56. The van der Waals surface area contributed by atoms with Crippen LogP contribution in [0, 0.1) is 0 Å². The molecule has 6 nitrogen and oxygen atoms in total. The van der Waals surface area contributed by atoms with Crippen LogP contribution in [0.1, 0.15) is 51.5 Å². The van der Waals surface area contributed by atoms with Crippen molar-refractivity contribution in [3.8, 4) is 0 Å². The van der Waals surface area contributed by atoms with E-state index < -0.39 is 17.7 Å². The molecule has 0 bridgehead atoms. The maximum Gasteiger partial charge on any atom is 0.408 e. The van der Waals surface area contributed by atoms with Crippen molar-refractivity contribution in [1.29, 1.82) is 0 Å². The molecule has 126 valence electrons. The Bertz CT molecular complexity index is 883. The summed E-state index contributed by atoms with van der Waals surface area (Å²) in [5.41, 5.74) is 1.81. The van der Waals surface area contributed by atoms with Crippen LogP contribution in [0.4, 0.5) is 4.79 Å². The van der Waals surface area contributed by atoms with Crippen LogP contribution < -0.4 is 10.2 Å². The fourth-order valence-electron chi connectivity index (χ4n) is 4.45. The molecule has 2 aromatic rings. The van der Waals surface area contributed by atoms with Gasteiger partial charge < -0.3 is 14.9 Å². The standard InChI is InChI=1S/C18H20N2O4/c1-10(21)24-20-12-8-6-5-7-11(12)13-14(20)17(2,3)9-18(4)15(13)23-16(22)19-18/h5-8,15H,9H2,1-4H3,(H,19,22). The Morgan fingerprint density at radius 2 is 2.04 bits per heavy atom. The molecule has 0 radical (unpaired) electrons. The maximum absolute atomic E-state index is 11.9. The number of para-hydroxylation sites is 1. The zero-order chi connectivity index (χ0) is 17.3. The number of amides is 1. The summed E-state index contributed by atoms with van der Waals surface area (Å²) >= 11 is 0. The summed E-state index contributed by atoms with van der Waals surface area (Å²) in [6.45, 7) is 7.58. The zero-order valence-corrected chi connectivity index (χ0v) is 14.2. The van der Waals surface area contributed by atoms with Gasteiger partial charge in [-0.1, -0.05) is 32.0 Å². The lowest BCUT2D eigenvalue weighted by atomic mass is 9.66. The summed E-state index contributed by atoms with van der Waals surface area (Å²) in [6, 6.07) is 7.72. The Morgan fingerprint density at radius 3 is 2.75 bits per heavy atom. The minimum absolute atomic E-state index is 0.309. The molecule has 2 aliphatic rings. The highest BCUT2D eigenvalue weighted by molar-refractivity contribution is 5.88. The SMILES string of the molecule is CC(=O)On1c2c(c3ccccc31)C1OC(=O)NC1(C)CC2(C)C. The highest BCUT2D eigenvalue weighted by Crippen LogP contribution is 2.53. The van der Waals surface area contributed by atoms with E-state index in [0.29, 0.717) is 6.42 Å². The number of ether oxygens (including phenoxy) is 1. The molecular formula is C18H20N2O4. The summed E-state index contributed by atoms with van der Waals surface area (Å²) in [5.74, 6) is -0.385. The van der Waals surface area contributed by atoms with Gasteiger partial charge in [-0.15, -0.1) is 0 Å². The van der Waals surface area contributed by atoms with Crippen LogP contribution in [-0.2, 0) is 14.9 Å². The van der Waals surface area contributed by atoms with Gasteiger partial charge in [0.2, 0.25) is 0 Å². The van der Waals surface area contributed by atoms with Crippen molar-refractivity contribution < 1.29 is 19.2 Å². The number of hydrogen-bond acceptors (Lipinski definition) is 4. The first-order chi connectivity index (χ1) is 11.2. The molecule has 1 aromatic heterocycles. The summed E-state index contributed by atoms with van der Waals surface area (Å²) in [4.78, 5) is 29.1. The van der Waals surface area contributed by atoms with Gasteiger partial charge >= 0.3 is 12.1 Å². The summed E-state index contributed by atoms with van der Waals surface area (Å²) in [6.07, 6.45) is -0.133.